The predicted molar refractivity (Wildman–Crippen MR) is 153 cm³/mol. The number of nitrogens with one attached hydrogen (secondary N) is 1. The van der Waals surface area contributed by atoms with Crippen molar-refractivity contribution in [3.8, 4) is 5.75 Å². The van der Waals surface area contributed by atoms with Crippen LogP contribution in [-0.2, 0) is 22.6 Å². The SMILES string of the molecule is O=C(NC1CCCC1)[C@H](Cc1ccccc1)N(Cc1ccc(Cl)c(Cl)c1)C(=O)COc1ccc(Cl)cc1Cl. The first kappa shape index (κ1) is 28.6. The largest absolute Gasteiger partial charge is 0.482 e. The van der Waals surface area contributed by atoms with Gasteiger partial charge in [0, 0.05) is 24.0 Å². The molecule has 5 nitrogen and oxygen atoms in total. The fourth-order valence-electron chi connectivity index (χ4n) is 4.57. The lowest BCUT2D eigenvalue weighted by Gasteiger charge is -2.32. The van der Waals surface area contributed by atoms with Crippen molar-refractivity contribution >= 4 is 58.2 Å². The van der Waals surface area contributed by atoms with Crippen LogP contribution < -0.4 is 10.1 Å². The zero-order chi connectivity index (χ0) is 27.1. The fourth-order valence-corrected chi connectivity index (χ4v) is 5.35. The van der Waals surface area contributed by atoms with E-state index in [1.54, 1.807) is 41.3 Å². The van der Waals surface area contributed by atoms with E-state index >= 15 is 0 Å². The summed E-state index contributed by atoms with van der Waals surface area (Å²) in [6.45, 7) is -0.173. The molecule has 1 atom stereocenters. The van der Waals surface area contributed by atoms with Crippen LogP contribution in [0.25, 0.3) is 0 Å². The molecule has 9 heteroatoms. The summed E-state index contributed by atoms with van der Waals surface area (Å²) in [6.07, 6.45) is 4.37. The van der Waals surface area contributed by atoms with Gasteiger partial charge in [-0.2, -0.15) is 0 Å². The van der Waals surface area contributed by atoms with Gasteiger partial charge in [-0.05, 0) is 54.3 Å². The van der Waals surface area contributed by atoms with E-state index in [-0.39, 0.29) is 31.0 Å². The topological polar surface area (TPSA) is 58.6 Å². The third kappa shape index (κ3) is 7.79. The number of amides is 2. The third-order valence-corrected chi connectivity index (χ3v) is 7.82. The van der Waals surface area contributed by atoms with Crippen molar-refractivity contribution in [3.63, 3.8) is 0 Å². The summed E-state index contributed by atoms with van der Waals surface area (Å²) in [6, 6.07) is 18.9. The lowest BCUT2D eigenvalue weighted by atomic mass is 10.0. The van der Waals surface area contributed by atoms with Gasteiger partial charge in [-0.15, -0.1) is 0 Å². The van der Waals surface area contributed by atoms with Crippen LogP contribution in [-0.4, -0.2) is 35.4 Å². The Morgan fingerprint density at radius 1 is 0.868 bits per heavy atom. The summed E-state index contributed by atoms with van der Waals surface area (Å²) in [5.74, 6) is -0.239. The smallest absolute Gasteiger partial charge is 0.261 e. The Kier molecular flexibility index (Phi) is 10.2. The van der Waals surface area contributed by atoms with E-state index in [2.05, 4.69) is 5.32 Å². The summed E-state index contributed by atoms with van der Waals surface area (Å²) in [5.41, 5.74) is 1.68. The van der Waals surface area contributed by atoms with E-state index in [4.69, 9.17) is 51.1 Å². The molecule has 0 unspecified atom stereocenters. The lowest BCUT2D eigenvalue weighted by molar-refractivity contribution is -0.143. The minimum absolute atomic E-state index is 0.104. The Morgan fingerprint density at radius 2 is 1.61 bits per heavy atom. The van der Waals surface area contributed by atoms with E-state index in [0.29, 0.717) is 32.3 Å². The average Bonchev–Trinajstić information content (AvgIpc) is 3.41. The van der Waals surface area contributed by atoms with Gasteiger partial charge < -0.3 is 15.0 Å². The third-order valence-electron chi connectivity index (χ3n) is 6.55. The average molecular weight is 594 g/mol. The van der Waals surface area contributed by atoms with E-state index in [0.717, 1.165) is 36.8 Å². The van der Waals surface area contributed by atoms with Crippen molar-refractivity contribution in [2.45, 2.75) is 50.7 Å². The Hall–Kier alpha value is -2.44. The van der Waals surface area contributed by atoms with Crippen LogP contribution in [0.4, 0.5) is 0 Å². The summed E-state index contributed by atoms with van der Waals surface area (Å²) >= 11 is 24.6. The molecule has 1 saturated carbocycles. The maximum Gasteiger partial charge on any atom is 0.261 e. The first-order chi connectivity index (χ1) is 18.3. The molecule has 0 aliphatic heterocycles. The predicted octanol–water partition coefficient (Wildman–Crippen LogP) is 7.38. The quantitative estimate of drug-likeness (QED) is 0.267. The zero-order valence-electron chi connectivity index (χ0n) is 20.6. The fraction of sp³-hybridized carbons (Fsp3) is 0.310. The summed E-state index contributed by atoms with van der Waals surface area (Å²) in [4.78, 5) is 29.0. The number of hydrogen-bond donors (Lipinski definition) is 1. The monoisotopic (exact) mass is 592 g/mol. The van der Waals surface area contributed by atoms with Gasteiger partial charge in [0.2, 0.25) is 5.91 Å². The van der Waals surface area contributed by atoms with Crippen molar-refractivity contribution in [1.29, 1.82) is 0 Å². The molecule has 0 heterocycles. The van der Waals surface area contributed by atoms with E-state index in [1.807, 2.05) is 30.3 Å². The molecule has 4 rings (SSSR count). The molecule has 1 aliphatic rings. The Bertz CT molecular complexity index is 1270. The van der Waals surface area contributed by atoms with Crippen LogP contribution in [0.15, 0.2) is 66.7 Å². The van der Waals surface area contributed by atoms with Crippen molar-refractivity contribution in [2.75, 3.05) is 6.61 Å². The van der Waals surface area contributed by atoms with Crippen molar-refractivity contribution < 1.29 is 14.3 Å². The van der Waals surface area contributed by atoms with Gasteiger partial charge in [-0.25, -0.2) is 0 Å². The highest BCUT2D eigenvalue weighted by Gasteiger charge is 2.32. The summed E-state index contributed by atoms with van der Waals surface area (Å²) in [5, 5.41) is 4.71. The second-order valence-electron chi connectivity index (χ2n) is 9.33. The molecule has 0 bridgehead atoms. The van der Waals surface area contributed by atoms with Gasteiger partial charge >= 0.3 is 0 Å². The van der Waals surface area contributed by atoms with Crippen LogP contribution >= 0.6 is 46.4 Å². The van der Waals surface area contributed by atoms with Crippen LogP contribution in [0.5, 0.6) is 5.75 Å². The second kappa shape index (κ2) is 13.6. The standard InChI is InChI=1S/C29H28Cl4N2O3/c30-21-11-13-27(25(33)16-21)38-18-28(36)35(17-20-10-12-23(31)24(32)14-20)26(15-19-6-2-1-3-7-19)29(37)34-22-8-4-5-9-22/h1-3,6-7,10-14,16,22,26H,4-5,8-9,15,17-18H2,(H,34,37)/t26-/m0/s1. The van der Waals surface area contributed by atoms with Crippen LogP contribution in [0.2, 0.25) is 20.1 Å². The summed E-state index contributed by atoms with van der Waals surface area (Å²) < 4.78 is 5.77. The maximum atomic E-state index is 13.7. The number of ether oxygens (including phenoxy) is 1. The summed E-state index contributed by atoms with van der Waals surface area (Å²) in [7, 11) is 0. The highest BCUT2D eigenvalue weighted by Crippen LogP contribution is 2.28. The molecule has 200 valence electrons. The van der Waals surface area contributed by atoms with Crippen molar-refractivity contribution in [2.24, 2.45) is 0 Å². The molecule has 1 N–H and O–H groups in total. The molecular formula is C29H28Cl4N2O3. The van der Waals surface area contributed by atoms with Gasteiger partial charge in [0.05, 0.1) is 15.1 Å². The molecule has 1 aliphatic carbocycles. The zero-order valence-corrected chi connectivity index (χ0v) is 23.7. The van der Waals surface area contributed by atoms with E-state index in [9.17, 15) is 9.59 Å². The number of nitrogens with zero attached hydrogens (tertiary/aromatic N) is 1. The number of carbonyl (C=O) groups is 2. The van der Waals surface area contributed by atoms with E-state index in [1.165, 1.54) is 0 Å². The van der Waals surface area contributed by atoms with Gasteiger partial charge in [0.15, 0.2) is 6.61 Å². The van der Waals surface area contributed by atoms with Gasteiger partial charge in [0.25, 0.3) is 5.91 Å². The van der Waals surface area contributed by atoms with E-state index < -0.39 is 6.04 Å². The molecule has 1 fully saturated rings. The number of hydrogen-bond acceptors (Lipinski definition) is 3. The highest BCUT2D eigenvalue weighted by atomic mass is 35.5. The second-order valence-corrected chi connectivity index (χ2v) is 11.0. The molecule has 0 aromatic heterocycles. The van der Waals surface area contributed by atoms with Crippen LogP contribution in [0.1, 0.15) is 36.8 Å². The Balaban J connectivity index is 1.63. The number of rotatable bonds is 10. The number of benzene rings is 3. The molecule has 0 spiro atoms. The normalized spacial score (nSPS) is 14.2. The van der Waals surface area contributed by atoms with Crippen molar-refractivity contribution in [1.82, 2.24) is 10.2 Å². The van der Waals surface area contributed by atoms with Crippen molar-refractivity contribution in [3.05, 3.63) is 97.9 Å². The number of halogens is 4. The van der Waals surface area contributed by atoms with Crippen LogP contribution in [0, 0.1) is 0 Å². The molecule has 0 saturated heterocycles. The molecule has 38 heavy (non-hydrogen) atoms. The van der Waals surface area contributed by atoms with Gasteiger partial charge in [0.1, 0.15) is 11.8 Å². The Morgan fingerprint density at radius 3 is 2.29 bits per heavy atom. The van der Waals surface area contributed by atoms with Crippen LogP contribution in [0.3, 0.4) is 0 Å². The Labute approximate surface area is 243 Å². The first-order valence-electron chi connectivity index (χ1n) is 12.5. The van der Waals surface area contributed by atoms with Gasteiger partial charge in [-0.1, -0.05) is 95.6 Å². The minimum atomic E-state index is -0.774. The lowest BCUT2D eigenvalue weighted by Crippen LogP contribution is -2.53. The molecule has 2 amide bonds. The highest BCUT2D eigenvalue weighted by molar-refractivity contribution is 6.42. The first-order valence-corrected chi connectivity index (χ1v) is 14.0. The van der Waals surface area contributed by atoms with Gasteiger partial charge in [-0.3, -0.25) is 9.59 Å². The molecule has 3 aromatic carbocycles. The molecule has 3 aromatic rings. The molecule has 0 radical (unpaired) electrons. The minimum Gasteiger partial charge on any atom is -0.482 e. The number of carbonyl (C=O) groups excluding carboxylic acids is 2. The molecular weight excluding hydrogens is 566 g/mol. The maximum absolute atomic E-state index is 13.7.